The van der Waals surface area contributed by atoms with Crippen LogP contribution in [0.2, 0.25) is 0 Å². The monoisotopic (exact) mass is 276 g/mol. The van der Waals surface area contributed by atoms with E-state index in [9.17, 15) is 15.2 Å². The van der Waals surface area contributed by atoms with Crippen LogP contribution in [0.4, 0.5) is 11.6 Å². The molecule has 0 fully saturated rings. The second-order valence-corrected chi connectivity index (χ2v) is 3.95. The maximum atomic E-state index is 11.1. The minimum atomic E-state index is -0.633. The number of benzene rings is 1. The number of rotatable bonds is 4. The Labute approximate surface area is 114 Å². The maximum absolute atomic E-state index is 11.1. The molecule has 2 aromatic rings. The second-order valence-electron chi connectivity index (χ2n) is 3.95. The van der Waals surface area contributed by atoms with Crippen molar-refractivity contribution in [2.24, 2.45) is 0 Å². The summed E-state index contributed by atoms with van der Waals surface area (Å²) in [6, 6.07) is 6.60. The highest BCUT2D eigenvalue weighted by atomic mass is 16.6. The molecule has 0 saturated carbocycles. The molecule has 0 aliphatic rings. The van der Waals surface area contributed by atoms with Crippen molar-refractivity contribution in [3.8, 4) is 11.6 Å². The van der Waals surface area contributed by atoms with Gasteiger partial charge in [-0.05, 0) is 13.0 Å². The van der Waals surface area contributed by atoms with Crippen molar-refractivity contribution in [3.63, 3.8) is 0 Å². The van der Waals surface area contributed by atoms with E-state index in [4.69, 9.17) is 10.5 Å². The highest BCUT2D eigenvalue weighted by Gasteiger charge is 2.24. The summed E-state index contributed by atoms with van der Waals surface area (Å²) in [6.07, 6.45) is 0. The lowest BCUT2D eigenvalue weighted by atomic mass is 10.2. The van der Waals surface area contributed by atoms with Gasteiger partial charge in [0.05, 0.1) is 11.5 Å². The molecule has 1 aromatic heterocycles. The van der Waals surface area contributed by atoms with E-state index >= 15 is 0 Å². The number of nitrogens with two attached hydrogens (primary N) is 1. The molecule has 0 saturated heterocycles. The van der Waals surface area contributed by atoms with Gasteiger partial charge in [-0.15, -0.1) is 0 Å². The summed E-state index contributed by atoms with van der Waals surface area (Å²) in [6.45, 7) is 1.19. The highest BCUT2D eigenvalue weighted by Crippen LogP contribution is 2.33. The Balaban J connectivity index is 2.50. The molecule has 8 heteroatoms. The van der Waals surface area contributed by atoms with Crippen LogP contribution in [-0.4, -0.2) is 20.0 Å². The van der Waals surface area contributed by atoms with Gasteiger partial charge in [-0.1, -0.05) is 18.2 Å². The van der Waals surface area contributed by atoms with E-state index in [0.717, 1.165) is 0 Å². The van der Waals surface area contributed by atoms with Gasteiger partial charge in [0.15, 0.2) is 0 Å². The summed E-state index contributed by atoms with van der Waals surface area (Å²) in [5.41, 5.74) is 5.72. The van der Waals surface area contributed by atoms with Crippen molar-refractivity contribution in [2.75, 3.05) is 5.73 Å². The van der Waals surface area contributed by atoms with Crippen LogP contribution in [0, 0.1) is 17.0 Å². The number of aliphatic hydroxyl groups is 1. The van der Waals surface area contributed by atoms with Crippen molar-refractivity contribution >= 4 is 11.6 Å². The number of hydrogen-bond acceptors (Lipinski definition) is 7. The SMILES string of the molecule is Cc1nc(N)nc(Oc2ccccc2CO)c1[N+](=O)[O-]. The lowest BCUT2D eigenvalue weighted by Gasteiger charge is -2.09. The molecule has 0 bridgehead atoms. The number of para-hydroxylation sites is 1. The smallest absolute Gasteiger partial charge is 0.352 e. The quantitative estimate of drug-likeness (QED) is 0.641. The first-order chi connectivity index (χ1) is 9.52. The fraction of sp³-hybridized carbons (Fsp3) is 0.167. The van der Waals surface area contributed by atoms with Crippen LogP contribution in [0.15, 0.2) is 24.3 Å². The summed E-state index contributed by atoms with van der Waals surface area (Å²) in [7, 11) is 0. The molecule has 1 heterocycles. The molecule has 0 atom stereocenters. The Morgan fingerprint density at radius 3 is 2.75 bits per heavy atom. The topological polar surface area (TPSA) is 124 Å². The predicted molar refractivity (Wildman–Crippen MR) is 70.3 cm³/mol. The van der Waals surface area contributed by atoms with Crippen LogP contribution >= 0.6 is 0 Å². The van der Waals surface area contributed by atoms with Gasteiger partial charge >= 0.3 is 11.6 Å². The molecular formula is C12H12N4O4. The second kappa shape index (κ2) is 5.49. The summed E-state index contributed by atoms with van der Waals surface area (Å²) in [4.78, 5) is 17.9. The van der Waals surface area contributed by atoms with Crippen LogP contribution in [0.3, 0.4) is 0 Å². The van der Waals surface area contributed by atoms with Crippen LogP contribution in [0.25, 0.3) is 0 Å². The molecule has 0 spiro atoms. The Kier molecular flexibility index (Phi) is 3.76. The first-order valence-corrected chi connectivity index (χ1v) is 5.68. The predicted octanol–water partition coefficient (Wildman–Crippen LogP) is 1.56. The molecule has 0 radical (unpaired) electrons. The molecule has 20 heavy (non-hydrogen) atoms. The standard InChI is InChI=1S/C12H12N4O4/c1-7-10(16(18)19)11(15-12(13)14-7)20-9-5-3-2-4-8(9)6-17/h2-5,17H,6H2,1H3,(H2,13,14,15). The van der Waals surface area contributed by atoms with Gasteiger partial charge in [-0.3, -0.25) is 10.1 Å². The number of aromatic nitrogens is 2. The molecule has 3 N–H and O–H groups in total. The third kappa shape index (κ3) is 2.64. The number of nitrogens with zero attached hydrogens (tertiary/aromatic N) is 3. The number of nitro groups is 1. The fourth-order valence-electron chi connectivity index (χ4n) is 1.68. The minimum absolute atomic E-state index is 0.110. The summed E-state index contributed by atoms with van der Waals surface area (Å²) < 4.78 is 5.42. The van der Waals surface area contributed by atoms with Gasteiger partial charge in [0, 0.05) is 5.56 Å². The molecule has 0 unspecified atom stereocenters. The lowest BCUT2D eigenvalue weighted by molar-refractivity contribution is -0.386. The summed E-state index contributed by atoms with van der Waals surface area (Å²) >= 11 is 0. The van der Waals surface area contributed by atoms with Crippen molar-refractivity contribution < 1.29 is 14.8 Å². The molecule has 1 aromatic carbocycles. The Morgan fingerprint density at radius 1 is 1.40 bits per heavy atom. The zero-order valence-electron chi connectivity index (χ0n) is 10.6. The van der Waals surface area contributed by atoms with Gasteiger partial charge in [-0.25, -0.2) is 4.98 Å². The van der Waals surface area contributed by atoms with Crippen molar-refractivity contribution in [1.82, 2.24) is 9.97 Å². The number of anilines is 1. The van der Waals surface area contributed by atoms with E-state index < -0.39 is 4.92 Å². The number of ether oxygens (including phenoxy) is 1. The Morgan fingerprint density at radius 2 is 2.10 bits per heavy atom. The largest absolute Gasteiger partial charge is 0.433 e. The first kappa shape index (κ1) is 13.7. The van der Waals surface area contributed by atoms with Gasteiger partial charge in [-0.2, -0.15) is 4.98 Å². The lowest BCUT2D eigenvalue weighted by Crippen LogP contribution is -2.05. The summed E-state index contributed by atoms with van der Waals surface area (Å²) in [5.74, 6) is -0.0962. The molecule has 8 nitrogen and oxygen atoms in total. The maximum Gasteiger partial charge on any atom is 0.352 e. The Bertz CT molecular complexity index is 660. The normalized spacial score (nSPS) is 10.3. The van der Waals surface area contributed by atoms with Crippen molar-refractivity contribution in [3.05, 3.63) is 45.6 Å². The molecular weight excluding hydrogens is 264 g/mol. The third-order valence-corrected chi connectivity index (χ3v) is 2.58. The van der Waals surface area contributed by atoms with Crippen molar-refractivity contribution in [1.29, 1.82) is 0 Å². The molecule has 0 amide bonds. The Hall–Kier alpha value is -2.74. The van der Waals surface area contributed by atoms with Crippen LogP contribution < -0.4 is 10.5 Å². The van der Waals surface area contributed by atoms with Gasteiger partial charge < -0.3 is 15.6 Å². The fourth-order valence-corrected chi connectivity index (χ4v) is 1.68. The van der Waals surface area contributed by atoms with E-state index in [2.05, 4.69) is 9.97 Å². The van der Waals surface area contributed by atoms with Crippen LogP contribution in [-0.2, 0) is 6.61 Å². The van der Waals surface area contributed by atoms with E-state index in [0.29, 0.717) is 5.56 Å². The average Bonchev–Trinajstić information content (AvgIpc) is 2.38. The van der Waals surface area contributed by atoms with Crippen molar-refractivity contribution in [2.45, 2.75) is 13.5 Å². The molecule has 104 valence electrons. The van der Waals surface area contributed by atoms with Crippen LogP contribution in [0.5, 0.6) is 11.6 Å². The molecule has 2 rings (SSSR count). The highest BCUT2D eigenvalue weighted by molar-refractivity contribution is 5.50. The minimum Gasteiger partial charge on any atom is -0.433 e. The molecule has 0 aliphatic carbocycles. The first-order valence-electron chi connectivity index (χ1n) is 5.68. The third-order valence-electron chi connectivity index (χ3n) is 2.58. The van der Waals surface area contributed by atoms with Crippen LogP contribution in [0.1, 0.15) is 11.3 Å². The van der Waals surface area contributed by atoms with Gasteiger partial charge in [0.2, 0.25) is 5.95 Å². The van der Waals surface area contributed by atoms with E-state index in [-0.39, 0.29) is 35.6 Å². The number of hydrogen-bond donors (Lipinski definition) is 2. The number of aryl methyl sites for hydroxylation is 1. The number of aliphatic hydroxyl groups excluding tert-OH is 1. The van der Waals surface area contributed by atoms with E-state index in [1.165, 1.54) is 6.92 Å². The average molecular weight is 276 g/mol. The van der Waals surface area contributed by atoms with Gasteiger partial charge in [0.1, 0.15) is 11.4 Å². The summed E-state index contributed by atoms with van der Waals surface area (Å²) in [5, 5.41) is 20.3. The molecule has 0 aliphatic heterocycles. The van der Waals surface area contributed by atoms with E-state index in [1.54, 1.807) is 24.3 Å². The zero-order chi connectivity index (χ0) is 14.7. The number of nitrogen functional groups attached to an aromatic ring is 1. The van der Waals surface area contributed by atoms with Gasteiger partial charge in [0.25, 0.3) is 0 Å². The van der Waals surface area contributed by atoms with E-state index in [1.807, 2.05) is 0 Å². The zero-order valence-corrected chi connectivity index (χ0v) is 10.6.